The van der Waals surface area contributed by atoms with Gasteiger partial charge in [0.05, 0.1) is 0 Å². The Hall–Kier alpha value is 0.640. The molecule has 7 heavy (non-hydrogen) atoms. The van der Waals surface area contributed by atoms with Crippen LogP contribution in [0.15, 0.2) is 0 Å². The van der Waals surface area contributed by atoms with Crippen molar-refractivity contribution in [3.63, 3.8) is 0 Å². The first kappa shape index (κ1) is 7.64. The van der Waals surface area contributed by atoms with Crippen molar-refractivity contribution in [1.29, 1.82) is 0 Å². The molecule has 0 heterocycles. The van der Waals surface area contributed by atoms with Crippen LogP contribution >= 0.6 is 18.1 Å². The van der Waals surface area contributed by atoms with E-state index in [2.05, 4.69) is 4.74 Å². The Labute approximate surface area is 48.6 Å². The van der Waals surface area contributed by atoms with E-state index in [1.165, 1.54) is 7.11 Å². The summed E-state index contributed by atoms with van der Waals surface area (Å²) >= 11 is 5.40. The first-order valence-electron chi connectivity index (χ1n) is 1.96. The Morgan fingerprint density at radius 2 is 2.29 bits per heavy atom. The molecule has 0 rings (SSSR count). The summed E-state index contributed by atoms with van der Waals surface area (Å²) in [7, 11) is 1.52. The van der Waals surface area contributed by atoms with Crippen LogP contribution in [0.5, 0.6) is 0 Å². The summed E-state index contributed by atoms with van der Waals surface area (Å²) in [4.78, 5) is 8.80. The molecule has 0 aromatic rings. The van der Waals surface area contributed by atoms with E-state index >= 15 is 0 Å². The van der Waals surface area contributed by atoms with E-state index in [9.17, 15) is 0 Å². The summed E-state index contributed by atoms with van der Waals surface area (Å²) in [5.74, 6) is 0. The van der Waals surface area contributed by atoms with Crippen LogP contribution in [-0.4, -0.2) is 25.0 Å². The Morgan fingerprint density at radius 1 is 1.86 bits per heavy atom. The average molecular weight is 145 g/mol. The van der Waals surface area contributed by atoms with Crippen LogP contribution in [0.4, 0.5) is 0 Å². The van der Waals surface area contributed by atoms with Crippen molar-refractivity contribution in [2.24, 2.45) is 0 Å². The average Bonchev–Trinajstić information content (AvgIpc) is 1.30. The van der Waals surface area contributed by atoms with E-state index in [4.69, 9.17) is 16.1 Å². The van der Waals surface area contributed by atoms with Crippen LogP contribution in [0.25, 0.3) is 0 Å². The monoisotopic (exact) mass is 144 g/mol. The minimum atomic E-state index is -2.41. The number of hydrogen-bond acceptors (Lipinski definition) is 2. The van der Waals surface area contributed by atoms with Gasteiger partial charge in [0.15, 0.2) is 0 Å². The molecular weight excluding hydrogens is 134 g/mol. The molecule has 0 fully saturated rings. The molecule has 2 nitrogen and oxygen atoms in total. The van der Waals surface area contributed by atoms with E-state index in [-0.39, 0.29) is 0 Å². The Balaban J connectivity index is 3.15. The summed E-state index contributed by atoms with van der Waals surface area (Å²) in [5.41, 5.74) is 0. The molecule has 0 amide bonds. The van der Waals surface area contributed by atoms with Gasteiger partial charge in [0.1, 0.15) is 0 Å². The molecular formula is C3H10ClO2P. The quantitative estimate of drug-likeness (QED) is 0.587. The molecule has 46 valence electrons. The number of ether oxygens (including phenoxy) is 1. The van der Waals surface area contributed by atoms with Crippen molar-refractivity contribution in [2.75, 3.05) is 20.1 Å². The van der Waals surface area contributed by atoms with Gasteiger partial charge in [-0.15, -0.1) is 0 Å². The van der Waals surface area contributed by atoms with E-state index in [1.807, 2.05) is 0 Å². The normalized spacial score (nSPS) is 14.3. The molecule has 0 saturated carbocycles. The van der Waals surface area contributed by atoms with Crippen molar-refractivity contribution in [2.45, 2.75) is 0 Å². The van der Waals surface area contributed by atoms with Crippen LogP contribution < -0.4 is 0 Å². The van der Waals surface area contributed by atoms with Gasteiger partial charge in [-0.2, -0.15) is 0 Å². The summed E-state index contributed by atoms with van der Waals surface area (Å²) in [6.45, 7) is -0.798. The van der Waals surface area contributed by atoms with E-state index in [1.54, 1.807) is 6.66 Å². The number of methoxy groups -OCH3 is 1. The van der Waals surface area contributed by atoms with Crippen LogP contribution in [0.2, 0.25) is 0 Å². The van der Waals surface area contributed by atoms with Crippen LogP contribution in [0.3, 0.4) is 0 Å². The van der Waals surface area contributed by atoms with Crippen LogP contribution in [-0.2, 0) is 4.74 Å². The SMILES string of the molecule is COC[PH](C)(O)Cl. The van der Waals surface area contributed by atoms with Crippen molar-refractivity contribution in [3.05, 3.63) is 0 Å². The van der Waals surface area contributed by atoms with Gasteiger partial charge in [-0.05, 0) is 0 Å². The first-order chi connectivity index (χ1) is 3.06. The second-order valence-corrected chi connectivity index (χ2v) is 6.59. The van der Waals surface area contributed by atoms with Gasteiger partial charge >= 0.3 is 47.8 Å². The fourth-order valence-electron chi connectivity index (χ4n) is 0.263. The Morgan fingerprint density at radius 3 is 2.29 bits per heavy atom. The Kier molecular flexibility index (Phi) is 3.09. The topological polar surface area (TPSA) is 29.5 Å². The third-order valence-electron chi connectivity index (χ3n) is 0.408. The predicted octanol–water partition coefficient (Wildman–Crippen LogP) is 1.03. The molecule has 0 radical (unpaired) electrons. The fourth-order valence-corrected chi connectivity index (χ4v) is 1.12. The molecule has 0 spiro atoms. The van der Waals surface area contributed by atoms with Crippen LogP contribution in [0, 0.1) is 0 Å². The molecule has 0 bridgehead atoms. The summed E-state index contributed by atoms with van der Waals surface area (Å²) in [6, 6.07) is 0. The molecule has 0 unspecified atom stereocenters. The summed E-state index contributed by atoms with van der Waals surface area (Å²) in [5, 5.41) is 0. The van der Waals surface area contributed by atoms with Crippen molar-refractivity contribution in [1.82, 2.24) is 0 Å². The zero-order valence-corrected chi connectivity index (χ0v) is 6.20. The third kappa shape index (κ3) is 6.64. The third-order valence-corrected chi connectivity index (χ3v) is 1.55. The summed E-state index contributed by atoms with van der Waals surface area (Å²) < 4.78 is 4.59. The number of hydrogen-bond donors (Lipinski definition) is 1. The van der Waals surface area contributed by atoms with Gasteiger partial charge in [0.2, 0.25) is 0 Å². The standard InChI is InChI=1S/C3H10ClO2P/c1-6-3-7(2,4)5/h5,7H,3H2,1-2H3. The Bertz CT molecular complexity index is 51.4. The van der Waals surface area contributed by atoms with Crippen molar-refractivity contribution >= 4 is 18.1 Å². The maximum absolute atomic E-state index is 8.80. The van der Waals surface area contributed by atoms with Gasteiger partial charge in [-0.3, -0.25) is 0 Å². The van der Waals surface area contributed by atoms with Gasteiger partial charge in [0, 0.05) is 0 Å². The van der Waals surface area contributed by atoms with Crippen molar-refractivity contribution < 1.29 is 9.63 Å². The van der Waals surface area contributed by atoms with Gasteiger partial charge in [-0.1, -0.05) is 0 Å². The zero-order valence-electron chi connectivity index (χ0n) is 4.44. The summed E-state index contributed by atoms with van der Waals surface area (Å²) in [6.07, 6.45) is 0.300. The molecule has 0 saturated heterocycles. The van der Waals surface area contributed by atoms with Gasteiger partial charge < -0.3 is 0 Å². The van der Waals surface area contributed by atoms with E-state index in [0.29, 0.717) is 6.35 Å². The van der Waals surface area contributed by atoms with Gasteiger partial charge in [0.25, 0.3) is 0 Å². The fraction of sp³-hybridized carbons (Fsp3) is 1.00. The predicted molar refractivity (Wildman–Crippen MR) is 34.2 cm³/mol. The van der Waals surface area contributed by atoms with E-state index in [0.717, 1.165) is 0 Å². The molecule has 0 aliphatic carbocycles. The minimum absolute atomic E-state index is 0.300. The van der Waals surface area contributed by atoms with Crippen molar-refractivity contribution in [3.8, 4) is 0 Å². The molecule has 0 aromatic heterocycles. The maximum atomic E-state index is 8.80. The number of halogens is 1. The second kappa shape index (κ2) is 2.83. The molecule has 0 aromatic carbocycles. The van der Waals surface area contributed by atoms with E-state index < -0.39 is 6.84 Å². The molecule has 4 heteroatoms. The second-order valence-electron chi connectivity index (χ2n) is 1.58. The van der Waals surface area contributed by atoms with Gasteiger partial charge in [-0.25, -0.2) is 0 Å². The molecule has 0 aliphatic rings. The molecule has 1 N–H and O–H groups in total. The van der Waals surface area contributed by atoms with Crippen LogP contribution in [0.1, 0.15) is 0 Å². The molecule has 0 aliphatic heterocycles. The first-order valence-corrected chi connectivity index (χ1v) is 5.63. The number of rotatable bonds is 2. The zero-order chi connectivity index (χ0) is 5.91. The molecule has 0 atom stereocenters.